The number of nitrogens with zero attached hydrogens (tertiary/aromatic N) is 2. The van der Waals surface area contributed by atoms with Crippen molar-refractivity contribution in [2.24, 2.45) is 24.8 Å². The quantitative estimate of drug-likeness (QED) is 0.774. The standard InChI is InChI=1S/C13H18N2O/c1-15-8-7-14-12(15)6-5-11(16)13-9-3-2-4-10(9)13/h7-10,13H,2-6H2,1H3. The number of aryl methyl sites for hydroxylation is 2. The number of aromatic nitrogens is 2. The fourth-order valence-electron chi connectivity index (χ4n) is 3.34. The Bertz CT molecular complexity index is 400. The van der Waals surface area contributed by atoms with E-state index in [1.165, 1.54) is 19.3 Å². The van der Waals surface area contributed by atoms with Gasteiger partial charge in [-0.25, -0.2) is 4.98 Å². The summed E-state index contributed by atoms with van der Waals surface area (Å²) in [5, 5.41) is 0. The maximum atomic E-state index is 12.0. The maximum absolute atomic E-state index is 12.0. The lowest BCUT2D eigenvalue weighted by Gasteiger charge is -2.03. The van der Waals surface area contributed by atoms with Crippen molar-refractivity contribution in [3.8, 4) is 0 Å². The first kappa shape index (κ1) is 10.1. The molecule has 3 nitrogen and oxygen atoms in total. The molecule has 2 saturated carbocycles. The van der Waals surface area contributed by atoms with Gasteiger partial charge in [-0.2, -0.15) is 0 Å². The second-order valence-electron chi connectivity index (χ2n) is 5.21. The number of imidazole rings is 1. The molecule has 3 heteroatoms. The van der Waals surface area contributed by atoms with Crippen molar-refractivity contribution in [2.75, 3.05) is 0 Å². The third-order valence-corrected chi connectivity index (χ3v) is 4.29. The van der Waals surface area contributed by atoms with Gasteiger partial charge >= 0.3 is 0 Å². The minimum Gasteiger partial charge on any atom is -0.338 e. The van der Waals surface area contributed by atoms with Crippen LogP contribution in [-0.2, 0) is 18.3 Å². The number of ketones is 1. The number of hydrogen-bond donors (Lipinski definition) is 0. The molecule has 2 atom stereocenters. The second-order valence-corrected chi connectivity index (χ2v) is 5.21. The molecule has 1 aromatic rings. The molecule has 0 saturated heterocycles. The Morgan fingerprint density at radius 1 is 1.50 bits per heavy atom. The Kier molecular flexibility index (Phi) is 2.34. The van der Waals surface area contributed by atoms with Crippen molar-refractivity contribution in [2.45, 2.75) is 32.1 Å². The molecule has 86 valence electrons. The number of carbonyl (C=O) groups is 1. The molecule has 0 N–H and O–H groups in total. The SMILES string of the molecule is Cn1ccnc1CCC(=O)C1C2CCCC21. The normalized spacial score (nSPS) is 31.4. The molecule has 0 bridgehead atoms. The van der Waals surface area contributed by atoms with Crippen LogP contribution in [0.4, 0.5) is 0 Å². The van der Waals surface area contributed by atoms with Gasteiger partial charge in [0.05, 0.1) is 0 Å². The highest BCUT2D eigenvalue weighted by atomic mass is 16.1. The number of carbonyl (C=O) groups excluding carboxylic acids is 1. The van der Waals surface area contributed by atoms with Gasteiger partial charge in [0.15, 0.2) is 0 Å². The molecule has 3 rings (SSSR count). The second kappa shape index (κ2) is 3.72. The largest absolute Gasteiger partial charge is 0.338 e. The molecule has 2 fully saturated rings. The molecule has 16 heavy (non-hydrogen) atoms. The summed E-state index contributed by atoms with van der Waals surface area (Å²) in [5.74, 6) is 3.45. The minimum atomic E-state index is 0.425. The summed E-state index contributed by atoms with van der Waals surface area (Å²) in [6.07, 6.45) is 9.16. The van der Waals surface area contributed by atoms with E-state index in [1.54, 1.807) is 6.20 Å². The van der Waals surface area contributed by atoms with Crippen LogP contribution in [0.2, 0.25) is 0 Å². The molecule has 0 amide bonds. The summed E-state index contributed by atoms with van der Waals surface area (Å²) < 4.78 is 2.00. The zero-order valence-electron chi connectivity index (χ0n) is 9.72. The van der Waals surface area contributed by atoms with Gasteiger partial charge in [0.25, 0.3) is 0 Å². The van der Waals surface area contributed by atoms with Crippen LogP contribution >= 0.6 is 0 Å². The lowest BCUT2D eigenvalue weighted by Crippen LogP contribution is -2.08. The molecule has 2 aliphatic carbocycles. The van der Waals surface area contributed by atoms with E-state index in [0.29, 0.717) is 18.1 Å². The number of rotatable bonds is 4. The first-order valence-corrected chi connectivity index (χ1v) is 6.26. The molecular formula is C13H18N2O. The summed E-state index contributed by atoms with van der Waals surface area (Å²) in [6, 6.07) is 0. The minimum absolute atomic E-state index is 0.425. The van der Waals surface area contributed by atoms with E-state index >= 15 is 0 Å². The first-order chi connectivity index (χ1) is 7.77. The molecular weight excluding hydrogens is 200 g/mol. The van der Waals surface area contributed by atoms with Crippen LogP contribution in [0.5, 0.6) is 0 Å². The fraction of sp³-hybridized carbons (Fsp3) is 0.692. The number of fused-ring (bicyclic) bond motifs is 1. The van der Waals surface area contributed by atoms with Gasteiger partial charge in [-0.15, -0.1) is 0 Å². The van der Waals surface area contributed by atoms with Gasteiger partial charge in [0.1, 0.15) is 11.6 Å². The average Bonchev–Trinajstić information content (AvgIpc) is 2.67. The summed E-state index contributed by atoms with van der Waals surface area (Å²) in [7, 11) is 1.98. The van der Waals surface area contributed by atoms with Crippen LogP contribution in [0, 0.1) is 17.8 Å². The molecule has 1 heterocycles. The highest BCUT2D eigenvalue weighted by Gasteiger charge is 2.55. The van der Waals surface area contributed by atoms with Gasteiger partial charge in [0.2, 0.25) is 0 Å². The lowest BCUT2D eigenvalue weighted by molar-refractivity contribution is -0.121. The molecule has 0 radical (unpaired) electrons. The number of Topliss-reactive ketones (excluding diaryl/α,β-unsaturated/α-hetero) is 1. The molecule has 0 spiro atoms. The molecule has 0 aromatic carbocycles. The summed E-state index contributed by atoms with van der Waals surface area (Å²) in [4.78, 5) is 16.2. The van der Waals surface area contributed by atoms with E-state index in [2.05, 4.69) is 4.98 Å². The van der Waals surface area contributed by atoms with Gasteiger partial charge in [0, 0.05) is 38.2 Å². The van der Waals surface area contributed by atoms with Crippen molar-refractivity contribution in [1.29, 1.82) is 0 Å². The maximum Gasteiger partial charge on any atom is 0.136 e. The van der Waals surface area contributed by atoms with E-state index in [9.17, 15) is 4.79 Å². The van der Waals surface area contributed by atoms with Crippen molar-refractivity contribution < 1.29 is 4.79 Å². The third-order valence-electron chi connectivity index (χ3n) is 4.29. The van der Waals surface area contributed by atoms with Crippen molar-refractivity contribution >= 4 is 5.78 Å². The van der Waals surface area contributed by atoms with E-state index in [1.807, 2.05) is 17.8 Å². The predicted molar refractivity (Wildman–Crippen MR) is 60.9 cm³/mol. The Labute approximate surface area is 95.9 Å². The van der Waals surface area contributed by atoms with Crippen LogP contribution in [0.15, 0.2) is 12.4 Å². The molecule has 1 aromatic heterocycles. The van der Waals surface area contributed by atoms with E-state index in [0.717, 1.165) is 24.1 Å². The number of hydrogen-bond acceptors (Lipinski definition) is 2. The highest BCUT2D eigenvalue weighted by Crippen LogP contribution is 2.58. The van der Waals surface area contributed by atoms with Gasteiger partial charge in [-0.05, 0) is 24.7 Å². The van der Waals surface area contributed by atoms with Crippen molar-refractivity contribution in [1.82, 2.24) is 9.55 Å². The van der Waals surface area contributed by atoms with Crippen LogP contribution < -0.4 is 0 Å². The topological polar surface area (TPSA) is 34.9 Å². The Hall–Kier alpha value is -1.12. The summed E-state index contributed by atoms with van der Waals surface area (Å²) >= 11 is 0. The third kappa shape index (κ3) is 1.58. The molecule has 2 aliphatic rings. The van der Waals surface area contributed by atoms with Crippen molar-refractivity contribution in [3.05, 3.63) is 18.2 Å². The van der Waals surface area contributed by atoms with Gasteiger partial charge in [-0.1, -0.05) is 6.42 Å². The average molecular weight is 218 g/mol. The first-order valence-electron chi connectivity index (χ1n) is 6.26. The Morgan fingerprint density at radius 3 is 2.88 bits per heavy atom. The van der Waals surface area contributed by atoms with E-state index < -0.39 is 0 Å². The Morgan fingerprint density at radius 2 is 2.25 bits per heavy atom. The van der Waals surface area contributed by atoms with E-state index in [-0.39, 0.29) is 0 Å². The van der Waals surface area contributed by atoms with Crippen LogP contribution in [0.25, 0.3) is 0 Å². The smallest absolute Gasteiger partial charge is 0.136 e. The Balaban J connectivity index is 1.53. The predicted octanol–water partition coefficient (Wildman–Crippen LogP) is 1.97. The zero-order valence-corrected chi connectivity index (χ0v) is 9.72. The highest BCUT2D eigenvalue weighted by molar-refractivity contribution is 5.84. The summed E-state index contributed by atoms with van der Waals surface area (Å²) in [5.41, 5.74) is 0. The van der Waals surface area contributed by atoms with Crippen LogP contribution in [0.1, 0.15) is 31.5 Å². The van der Waals surface area contributed by atoms with Crippen LogP contribution in [-0.4, -0.2) is 15.3 Å². The monoisotopic (exact) mass is 218 g/mol. The van der Waals surface area contributed by atoms with Gasteiger partial charge < -0.3 is 4.57 Å². The van der Waals surface area contributed by atoms with E-state index in [4.69, 9.17) is 0 Å². The lowest BCUT2D eigenvalue weighted by atomic mass is 10.0. The summed E-state index contributed by atoms with van der Waals surface area (Å²) in [6.45, 7) is 0. The van der Waals surface area contributed by atoms with Gasteiger partial charge in [-0.3, -0.25) is 4.79 Å². The molecule has 2 unspecified atom stereocenters. The zero-order chi connectivity index (χ0) is 11.1. The molecule has 0 aliphatic heterocycles. The van der Waals surface area contributed by atoms with Crippen molar-refractivity contribution in [3.63, 3.8) is 0 Å². The van der Waals surface area contributed by atoms with Crippen LogP contribution in [0.3, 0.4) is 0 Å². The fourth-order valence-corrected chi connectivity index (χ4v) is 3.34.